The van der Waals surface area contributed by atoms with Crippen LogP contribution in [0.25, 0.3) is 0 Å². The van der Waals surface area contributed by atoms with E-state index in [1.807, 2.05) is 6.08 Å². The zero-order valence-electron chi connectivity index (χ0n) is 10.1. The predicted octanol–water partition coefficient (Wildman–Crippen LogP) is 2.03. The maximum atomic E-state index is 12.5. The summed E-state index contributed by atoms with van der Waals surface area (Å²) in [5, 5.41) is 3.33. The molecule has 0 saturated carbocycles. The van der Waals surface area contributed by atoms with Crippen LogP contribution in [0.15, 0.2) is 11.8 Å². The van der Waals surface area contributed by atoms with Crippen molar-refractivity contribution < 1.29 is 9.53 Å². The Morgan fingerprint density at radius 2 is 2.25 bits per heavy atom. The Morgan fingerprint density at radius 3 is 2.81 bits per heavy atom. The third kappa shape index (κ3) is 2.14. The molecule has 0 aromatic carbocycles. The lowest BCUT2D eigenvalue weighted by molar-refractivity contribution is -0.130. The molecule has 3 nitrogen and oxygen atoms in total. The lowest BCUT2D eigenvalue weighted by Gasteiger charge is -2.36. The number of carbonyl (C=O) groups is 1. The number of nitrogens with one attached hydrogen (secondary N) is 1. The minimum Gasteiger partial charge on any atom is -0.490 e. The molecule has 2 aliphatic rings. The van der Waals surface area contributed by atoms with E-state index in [0.717, 1.165) is 45.2 Å². The quantitative estimate of drug-likeness (QED) is 0.792. The van der Waals surface area contributed by atoms with Crippen molar-refractivity contribution in [2.24, 2.45) is 5.41 Å². The number of hydrogen-bond acceptors (Lipinski definition) is 3. The van der Waals surface area contributed by atoms with Crippen LogP contribution in [-0.4, -0.2) is 25.5 Å². The van der Waals surface area contributed by atoms with Gasteiger partial charge in [-0.25, -0.2) is 0 Å². The molecule has 3 heteroatoms. The summed E-state index contributed by atoms with van der Waals surface area (Å²) in [6.45, 7) is 4.75. The fourth-order valence-electron chi connectivity index (χ4n) is 2.81. The van der Waals surface area contributed by atoms with Crippen LogP contribution >= 0.6 is 0 Å². The summed E-state index contributed by atoms with van der Waals surface area (Å²) in [5.74, 6) is 0.892. The SMILES string of the molecule is CCCC1(C(=O)C2=CCCO2)CCNCC1. The van der Waals surface area contributed by atoms with Gasteiger partial charge in [0, 0.05) is 11.8 Å². The second-order valence-electron chi connectivity index (χ2n) is 4.81. The van der Waals surface area contributed by atoms with Crippen molar-refractivity contribution in [2.45, 2.75) is 39.0 Å². The fraction of sp³-hybridized carbons (Fsp3) is 0.769. The normalized spacial score (nSPS) is 23.7. The molecule has 0 spiro atoms. The zero-order chi connectivity index (χ0) is 11.4. The highest BCUT2D eigenvalue weighted by Gasteiger charge is 2.41. The van der Waals surface area contributed by atoms with E-state index >= 15 is 0 Å². The maximum Gasteiger partial charge on any atom is 0.203 e. The third-order valence-corrected chi connectivity index (χ3v) is 3.70. The molecule has 0 aromatic heterocycles. The zero-order valence-corrected chi connectivity index (χ0v) is 10.1. The van der Waals surface area contributed by atoms with Crippen molar-refractivity contribution >= 4 is 5.78 Å². The Labute approximate surface area is 97.2 Å². The number of carbonyl (C=O) groups excluding carboxylic acids is 1. The molecular formula is C13H21NO2. The van der Waals surface area contributed by atoms with Gasteiger partial charge in [0.15, 0.2) is 5.76 Å². The molecule has 1 fully saturated rings. The van der Waals surface area contributed by atoms with Crippen LogP contribution in [0, 0.1) is 5.41 Å². The van der Waals surface area contributed by atoms with Gasteiger partial charge in [-0.05, 0) is 38.4 Å². The molecule has 0 aromatic rings. The van der Waals surface area contributed by atoms with Crippen LogP contribution < -0.4 is 5.32 Å². The molecule has 2 rings (SSSR count). The van der Waals surface area contributed by atoms with Gasteiger partial charge in [0.25, 0.3) is 0 Å². The fourth-order valence-corrected chi connectivity index (χ4v) is 2.81. The van der Waals surface area contributed by atoms with Crippen molar-refractivity contribution in [3.8, 4) is 0 Å². The molecule has 1 N–H and O–H groups in total. The number of rotatable bonds is 4. The molecule has 2 heterocycles. The van der Waals surface area contributed by atoms with E-state index < -0.39 is 0 Å². The predicted molar refractivity (Wildman–Crippen MR) is 63.1 cm³/mol. The summed E-state index contributed by atoms with van der Waals surface area (Å²) in [4.78, 5) is 12.5. The summed E-state index contributed by atoms with van der Waals surface area (Å²) in [7, 11) is 0. The summed E-state index contributed by atoms with van der Waals surface area (Å²) in [5.41, 5.74) is -0.143. The third-order valence-electron chi connectivity index (χ3n) is 3.70. The monoisotopic (exact) mass is 223 g/mol. The van der Waals surface area contributed by atoms with E-state index in [-0.39, 0.29) is 11.2 Å². The Morgan fingerprint density at radius 1 is 1.50 bits per heavy atom. The van der Waals surface area contributed by atoms with Crippen LogP contribution in [-0.2, 0) is 9.53 Å². The molecule has 90 valence electrons. The summed E-state index contributed by atoms with van der Waals surface area (Å²) in [6.07, 6.45) is 6.83. The second-order valence-corrected chi connectivity index (χ2v) is 4.81. The summed E-state index contributed by atoms with van der Waals surface area (Å²) >= 11 is 0. The van der Waals surface area contributed by atoms with Gasteiger partial charge in [-0.3, -0.25) is 4.79 Å². The maximum absolute atomic E-state index is 12.5. The molecule has 16 heavy (non-hydrogen) atoms. The smallest absolute Gasteiger partial charge is 0.203 e. The van der Waals surface area contributed by atoms with Crippen LogP contribution in [0.2, 0.25) is 0 Å². The highest BCUT2D eigenvalue weighted by molar-refractivity contribution is 5.98. The standard InChI is InChI=1S/C13H21NO2/c1-2-5-13(6-8-14-9-7-13)12(15)11-4-3-10-16-11/h4,14H,2-3,5-10H2,1H3. The number of Topliss-reactive ketones (excluding diaryl/α,β-unsaturated/α-hetero) is 1. The second kappa shape index (κ2) is 5.00. The van der Waals surface area contributed by atoms with E-state index in [1.165, 1.54) is 0 Å². The van der Waals surface area contributed by atoms with Crippen molar-refractivity contribution in [3.63, 3.8) is 0 Å². The van der Waals surface area contributed by atoms with Gasteiger partial charge < -0.3 is 10.1 Å². The first-order valence-electron chi connectivity index (χ1n) is 6.37. The van der Waals surface area contributed by atoms with Crippen molar-refractivity contribution in [3.05, 3.63) is 11.8 Å². The van der Waals surface area contributed by atoms with Crippen LogP contribution in [0.1, 0.15) is 39.0 Å². The highest BCUT2D eigenvalue weighted by Crippen LogP contribution is 2.38. The van der Waals surface area contributed by atoms with Gasteiger partial charge in [-0.1, -0.05) is 13.3 Å². The van der Waals surface area contributed by atoms with E-state index in [0.29, 0.717) is 12.4 Å². The van der Waals surface area contributed by atoms with Crippen LogP contribution in [0.3, 0.4) is 0 Å². The number of ketones is 1. The number of ether oxygens (including phenoxy) is 1. The average molecular weight is 223 g/mol. The highest BCUT2D eigenvalue weighted by atomic mass is 16.5. The van der Waals surface area contributed by atoms with E-state index in [1.54, 1.807) is 0 Å². The number of piperidine rings is 1. The van der Waals surface area contributed by atoms with Gasteiger partial charge >= 0.3 is 0 Å². The van der Waals surface area contributed by atoms with Gasteiger partial charge in [0.05, 0.1) is 6.61 Å². The summed E-state index contributed by atoms with van der Waals surface area (Å²) < 4.78 is 5.43. The van der Waals surface area contributed by atoms with Crippen molar-refractivity contribution in [1.29, 1.82) is 0 Å². The van der Waals surface area contributed by atoms with E-state index in [4.69, 9.17) is 4.74 Å². The molecule has 0 unspecified atom stereocenters. The van der Waals surface area contributed by atoms with E-state index in [9.17, 15) is 4.79 Å². The first kappa shape index (κ1) is 11.6. The number of allylic oxidation sites excluding steroid dienone is 1. The summed E-state index contributed by atoms with van der Waals surface area (Å²) in [6, 6.07) is 0. The molecule has 2 aliphatic heterocycles. The van der Waals surface area contributed by atoms with Crippen LogP contribution in [0.5, 0.6) is 0 Å². The van der Waals surface area contributed by atoms with Gasteiger partial charge in [-0.15, -0.1) is 0 Å². The Hall–Kier alpha value is -0.830. The van der Waals surface area contributed by atoms with Gasteiger partial charge in [-0.2, -0.15) is 0 Å². The van der Waals surface area contributed by atoms with E-state index in [2.05, 4.69) is 12.2 Å². The van der Waals surface area contributed by atoms with Gasteiger partial charge in [0.1, 0.15) is 0 Å². The molecule has 0 amide bonds. The molecule has 0 aliphatic carbocycles. The lowest BCUT2D eigenvalue weighted by Crippen LogP contribution is -2.42. The number of hydrogen-bond donors (Lipinski definition) is 1. The van der Waals surface area contributed by atoms with Crippen molar-refractivity contribution in [2.75, 3.05) is 19.7 Å². The average Bonchev–Trinajstić information content (AvgIpc) is 2.83. The minimum absolute atomic E-state index is 0.143. The lowest BCUT2D eigenvalue weighted by atomic mass is 9.71. The van der Waals surface area contributed by atoms with Crippen LogP contribution in [0.4, 0.5) is 0 Å². The van der Waals surface area contributed by atoms with Crippen molar-refractivity contribution in [1.82, 2.24) is 5.32 Å². The molecule has 0 bridgehead atoms. The minimum atomic E-state index is -0.143. The molecule has 0 radical (unpaired) electrons. The molecule has 0 atom stereocenters. The Balaban J connectivity index is 2.13. The first-order valence-corrected chi connectivity index (χ1v) is 6.37. The first-order chi connectivity index (χ1) is 7.78. The molecular weight excluding hydrogens is 202 g/mol. The molecule has 1 saturated heterocycles. The topological polar surface area (TPSA) is 38.3 Å². The van der Waals surface area contributed by atoms with Gasteiger partial charge in [0.2, 0.25) is 5.78 Å². The Bertz CT molecular complexity index is 285. The Kier molecular flexibility index (Phi) is 3.64. The largest absolute Gasteiger partial charge is 0.490 e.